The second-order valence-corrected chi connectivity index (χ2v) is 5.41. The van der Waals surface area contributed by atoms with E-state index in [0.717, 1.165) is 18.4 Å². The quantitative estimate of drug-likeness (QED) is 0.814. The first kappa shape index (κ1) is 11.9. The molecule has 3 nitrogen and oxygen atoms in total. The third kappa shape index (κ3) is 3.18. The van der Waals surface area contributed by atoms with Crippen molar-refractivity contribution in [1.29, 1.82) is 0 Å². The van der Waals surface area contributed by atoms with Gasteiger partial charge in [0.2, 0.25) is 0 Å². The first-order chi connectivity index (χ1) is 7.66. The smallest absolute Gasteiger partial charge is 0.320 e. The Bertz CT molecular complexity index is 373. The average Bonchev–Trinajstić information content (AvgIpc) is 3.05. The van der Waals surface area contributed by atoms with Crippen molar-refractivity contribution in [3.8, 4) is 0 Å². The highest BCUT2D eigenvalue weighted by Gasteiger charge is 2.35. The second kappa shape index (κ2) is 5.14. The van der Waals surface area contributed by atoms with Crippen LogP contribution >= 0.6 is 22.6 Å². The number of benzene rings is 1. The molecule has 1 saturated carbocycles. The zero-order chi connectivity index (χ0) is 11.5. The van der Waals surface area contributed by atoms with Gasteiger partial charge in [0.1, 0.15) is 6.04 Å². The molecule has 1 fully saturated rings. The standard InChI is InChI=1S/C12H14INO2/c13-10-5-1-8(2-6-10)7-14-11(12(15)16)9-3-4-9/h1-2,5-6,9,11,14H,3-4,7H2,(H,15,16). The van der Waals surface area contributed by atoms with Gasteiger partial charge in [-0.25, -0.2) is 0 Å². The van der Waals surface area contributed by atoms with Crippen LogP contribution in [0.25, 0.3) is 0 Å². The molecule has 2 N–H and O–H groups in total. The summed E-state index contributed by atoms with van der Waals surface area (Å²) >= 11 is 2.26. The van der Waals surface area contributed by atoms with Crippen molar-refractivity contribution in [2.24, 2.45) is 5.92 Å². The Kier molecular flexibility index (Phi) is 3.81. The SMILES string of the molecule is O=C(O)C(NCc1ccc(I)cc1)C1CC1. The normalized spacial score (nSPS) is 17.1. The van der Waals surface area contributed by atoms with Gasteiger partial charge in [0.05, 0.1) is 0 Å². The van der Waals surface area contributed by atoms with E-state index < -0.39 is 5.97 Å². The third-order valence-corrected chi connectivity index (χ3v) is 3.52. The number of carbonyl (C=O) groups is 1. The van der Waals surface area contributed by atoms with Crippen molar-refractivity contribution in [3.05, 3.63) is 33.4 Å². The molecule has 0 bridgehead atoms. The maximum Gasteiger partial charge on any atom is 0.320 e. The molecule has 0 heterocycles. The van der Waals surface area contributed by atoms with Crippen molar-refractivity contribution in [1.82, 2.24) is 5.32 Å². The summed E-state index contributed by atoms with van der Waals surface area (Å²) in [5.74, 6) is -0.394. The number of rotatable bonds is 5. The first-order valence-corrected chi connectivity index (χ1v) is 6.45. The Morgan fingerprint density at radius 2 is 2.06 bits per heavy atom. The van der Waals surface area contributed by atoms with Crippen molar-refractivity contribution in [3.63, 3.8) is 0 Å². The highest BCUT2D eigenvalue weighted by Crippen LogP contribution is 2.32. The molecular weight excluding hydrogens is 317 g/mol. The largest absolute Gasteiger partial charge is 0.480 e. The molecule has 1 aliphatic carbocycles. The molecule has 0 amide bonds. The summed E-state index contributed by atoms with van der Waals surface area (Å²) in [5.41, 5.74) is 1.13. The topological polar surface area (TPSA) is 49.3 Å². The Labute approximate surface area is 108 Å². The molecule has 0 spiro atoms. The lowest BCUT2D eigenvalue weighted by molar-refractivity contribution is -0.140. The number of hydrogen-bond acceptors (Lipinski definition) is 2. The minimum atomic E-state index is -0.729. The molecule has 2 rings (SSSR count). The fraction of sp³-hybridized carbons (Fsp3) is 0.417. The molecule has 1 aromatic rings. The van der Waals surface area contributed by atoms with Crippen LogP contribution in [0.4, 0.5) is 0 Å². The molecule has 86 valence electrons. The summed E-state index contributed by atoms with van der Waals surface area (Å²) in [6, 6.07) is 7.75. The molecule has 1 unspecified atom stereocenters. The Balaban J connectivity index is 1.90. The lowest BCUT2D eigenvalue weighted by Gasteiger charge is -2.13. The van der Waals surface area contributed by atoms with Gasteiger partial charge < -0.3 is 10.4 Å². The summed E-state index contributed by atoms with van der Waals surface area (Å²) in [5, 5.41) is 12.2. The molecular formula is C12H14INO2. The summed E-state index contributed by atoms with van der Waals surface area (Å²) in [4.78, 5) is 11.0. The fourth-order valence-corrected chi connectivity index (χ4v) is 2.07. The average molecular weight is 331 g/mol. The molecule has 1 aromatic carbocycles. The van der Waals surface area contributed by atoms with Crippen LogP contribution in [0.15, 0.2) is 24.3 Å². The number of hydrogen-bond donors (Lipinski definition) is 2. The van der Waals surface area contributed by atoms with Crippen molar-refractivity contribution in [2.75, 3.05) is 0 Å². The zero-order valence-corrected chi connectivity index (χ0v) is 11.0. The number of carboxylic acid groups (broad SMARTS) is 1. The maximum absolute atomic E-state index is 11.0. The molecule has 0 aliphatic heterocycles. The van der Waals surface area contributed by atoms with Gasteiger partial charge in [0, 0.05) is 10.1 Å². The number of aliphatic carboxylic acids is 1. The summed E-state index contributed by atoms with van der Waals surface area (Å²) in [7, 11) is 0. The number of halogens is 1. The van der Waals surface area contributed by atoms with E-state index in [1.807, 2.05) is 24.3 Å². The lowest BCUT2D eigenvalue weighted by atomic mass is 10.1. The fourth-order valence-electron chi connectivity index (χ4n) is 1.72. The first-order valence-electron chi connectivity index (χ1n) is 5.37. The van der Waals surface area contributed by atoms with Gasteiger partial charge in [0.25, 0.3) is 0 Å². The van der Waals surface area contributed by atoms with Gasteiger partial charge in [-0.3, -0.25) is 4.79 Å². The van der Waals surface area contributed by atoms with Crippen LogP contribution in [0.3, 0.4) is 0 Å². The molecule has 16 heavy (non-hydrogen) atoms. The van der Waals surface area contributed by atoms with E-state index in [1.54, 1.807) is 0 Å². The van der Waals surface area contributed by atoms with Crippen LogP contribution < -0.4 is 5.32 Å². The monoisotopic (exact) mass is 331 g/mol. The van der Waals surface area contributed by atoms with Crippen LogP contribution in [0.5, 0.6) is 0 Å². The third-order valence-electron chi connectivity index (χ3n) is 2.80. The van der Waals surface area contributed by atoms with Crippen LogP contribution in [-0.4, -0.2) is 17.1 Å². The van der Waals surface area contributed by atoms with Crippen LogP contribution in [-0.2, 0) is 11.3 Å². The predicted molar refractivity (Wildman–Crippen MR) is 70.1 cm³/mol. The number of carboxylic acids is 1. The van der Waals surface area contributed by atoms with Crippen molar-refractivity contribution in [2.45, 2.75) is 25.4 Å². The van der Waals surface area contributed by atoms with Crippen molar-refractivity contribution < 1.29 is 9.90 Å². The molecule has 4 heteroatoms. The Hall–Kier alpha value is -0.620. The summed E-state index contributed by atoms with van der Waals surface area (Å²) in [6.07, 6.45) is 2.08. The van der Waals surface area contributed by atoms with E-state index in [9.17, 15) is 4.79 Å². The van der Waals surface area contributed by atoms with Gasteiger partial charge >= 0.3 is 5.97 Å². The van der Waals surface area contributed by atoms with Crippen LogP contribution in [0.2, 0.25) is 0 Å². The van der Waals surface area contributed by atoms with Gasteiger partial charge in [-0.2, -0.15) is 0 Å². The molecule has 0 radical (unpaired) electrons. The van der Waals surface area contributed by atoms with Gasteiger partial charge in [0.15, 0.2) is 0 Å². The highest BCUT2D eigenvalue weighted by molar-refractivity contribution is 14.1. The summed E-state index contributed by atoms with van der Waals surface area (Å²) in [6.45, 7) is 0.629. The number of nitrogens with one attached hydrogen (secondary N) is 1. The molecule has 0 saturated heterocycles. The molecule has 1 atom stereocenters. The van der Waals surface area contributed by atoms with Crippen LogP contribution in [0.1, 0.15) is 18.4 Å². The maximum atomic E-state index is 11.0. The molecule has 1 aliphatic rings. The minimum Gasteiger partial charge on any atom is -0.480 e. The van der Waals surface area contributed by atoms with E-state index in [2.05, 4.69) is 27.9 Å². The van der Waals surface area contributed by atoms with E-state index in [1.165, 1.54) is 3.57 Å². The van der Waals surface area contributed by atoms with Crippen LogP contribution in [0, 0.1) is 9.49 Å². The molecule has 0 aromatic heterocycles. The minimum absolute atomic E-state index is 0.335. The summed E-state index contributed by atoms with van der Waals surface area (Å²) < 4.78 is 1.19. The van der Waals surface area contributed by atoms with Gasteiger partial charge in [-0.1, -0.05) is 12.1 Å². The van der Waals surface area contributed by atoms with E-state index in [-0.39, 0.29) is 6.04 Å². The lowest BCUT2D eigenvalue weighted by Crippen LogP contribution is -2.38. The van der Waals surface area contributed by atoms with Crippen molar-refractivity contribution >= 4 is 28.6 Å². The van der Waals surface area contributed by atoms with E-state index in [0.29, 0.717) is 12.5 Å². The highest BCUT2D eigenvalue weighted by atomic mass is 127. The van der Waals surface area contributed by atoms with E-state index >= 15 is 0 Å². The zero-order valence-electron chi connectivity index (χ0n) is 8.82. The Morgan fingerprint density at radius 3 is 2.56 bits per heavy atom. The van der Waals surface area contributed by atoms with Gasteiger partial charge in [-0.05, 0) is 59.0 Å². The van der Waals surface area contributed by atoms with Gasteiger partial charge in [-0.15, -0.1) is 0 Å². The second-order valence-electron chi connectivity index (χ2n) is 4.16. The Morgan fingerprint density at radius 1 is 1.44 bits per heavy atom. The predicted octanol–water partition coefficient (Wildman–Crippen LogP) is 2.24. The van der Waals surface area contributed by atoms with E-state index in [4.69, 9.17) is 5.11 Å².